The van der Waals surface area contributed by atoms with Crippen molar-refractivity contribution in [2.75, 3.05) is 0 Å². The minimum atomic E-state index is -0.102. The van der Waals surface area contributed by atoms with Gasteiger partial charge in [0.05, 0.1) is 0 Å². The van der Waals surface area contributed by atoms with Crippen molar-refractivity contribution in [1.29, 1.82) is 0 Å². The Balaban J connectivity index is 2.89. The van der Waals surface area contributed by atoms with Crippen molar-refractivity contribution in [3.63, 3.8) is 0 Å². The zero-order valence-electron chi connectivity index (χ0n) is 6.40. The summed E-state index contributed by atoms with van der Waals surface area (Å²) in [5.74, 6) is 0. The largest absolute Gasteiger partial charge is 0.195 e. The fraction of sp³-hybridized carbons (Fsp3) is 0.111. The molecule has 0 aliphatic heterocycles. The van der Waals surface area contributed by atoms with Gasteiger partial charge in [-0.25, -0.2) is 0 Å². The lowest BCUT2D eigenvalue weighted by molar-refractivity contribution is 0.658. The lowest BCUT2D eigenvalue weighted by Gasteiger charge is -1.97. The zero-order chi connectivity index (χ0) is 8.72. The van der Waals surface area contributed by atoms with Crippen molar-refractivity contribution in [1.82, 2.24) is 0 Å². The molecule has 0 bridgehead atoms. The molecule has 2 rings (SSSR count). The van der Waals surface area contributed by atoms with Crippen molar-refractivity contribution in [3.05, 3.63) is 32.5 Å². The number of aryl methyl sites for hydroxylation is 1. The first kappa shape index (κ1) is 8.44. The number of benzene rings is 1. The van der Waals surface area contributed by atoms with E-state index < -0.39 is 0 Å². The summed E-state index contributed by atoms with van der Waals surface area (Å²) in [4.78, 5) is 0. The second-order valence-corrected chi connectivity index (χ2v) is 4.83. The smallest absolute Gasteiger partial charge is 0.177 e. The molecule has 0 spiro atoms. The highest BCUT2D eigenvalue weighted by Crippen LogP contribution is 2.29. The van der Waals surface area contributed by atoms with E-state index in [2.05, 4.69) is 22.6 Å². The Morgan fingerprint density at radius 2 is 2.17 bits per heavy atom. The van der Waals surface area contributed by atoms with Crippen molar-refractivity contribution >= 4 is 44.0 Å². The third-order valence-electron chi connectivity index (χ3n) is 1.87. The van der Waals surface area contributed by atoms with Crippen LogP contribution in [0.1, 0.15) is 5.56 Å². The fourth-order valence-electron chi connectivity index (χ4n) is 1.19. The van der Waals surface area contributed by atoms with E-state index in [1.165, 1.54) is 20.5 Å². The second-order valence-electron chi connectivity index (χ2n) is 2.63. The Bertz CT molecular complexity index is 433. The average Bonchev–Trinajstić information content (AvgIpc) is 2.39. The van der Waals surface area contributed by atoms with Crippen LogP contribution in [-0.4, -0.2) is 0 Å². The van der Waals surface area contributed by atoms with Crippen molar-refractivity contribution in [2.24, 2.45) is 0 Å². The molecule has 1 aromatic carbocycles. The highest BCUT2D eigenvalue weighted by atomic mass is 127. The van der Waals surface area contributed by atoms with Gasteiger partial charge in [0, 0.05) is 8.27 Å². The van der Waals surface area contributed by atoms with Crippen LogP contribution in [0.4, 0.5) is 4.39 Å². The molecule has 0 radical (unpaired) electrons. The summed E-state index contributed by atoms with van der Waals surface area (Å²) in [6, 6.07) is 5.60. The van der Waals surface area contributed by atoms with E-state index in [-0.39, 0.29) is 5.13 Å². The molecule has 0 aliphatic carbocycles. The Morgan fingerprint density at radius 3 is 2.92 bits per heavy atom. The molecule has 0 amide bonds. The first-order valence-electron chi connectivity index (χ1n) is 3.52. The zero-order valence-corrected chi connectivity index (χ0v) is 9.37. The molecule has 0 nitrogen and oxygen atoms in total. The number of thiophene rings is 1. The van der Waals surface area contributed by atoms with Gasteiger partial charge in [0.25, 0.3) is 0 Å². The average molecular weight is 292 g/mol. The Hall–Kier alpha value is -0.160. The predicted molar refractivity (Wildman–Crippen MR) is 59.2 cm³/mol. The summed E-state index contributed by atoms with van der Waals surface area (Å²) in [7, 11) is 0. The summed E-state index contributed by atoms with van der Waals surface area (Å²) in [6.07, 6.45) is 0. The van der Waals surface area contributed by atoms with E-state index in [1.807, 2.05) is 19.1 Å². The van der Waals surface area contributed by atoms with E-state index in [0.29, 0.717) is 0 Å². The van der Waals surface area contributed by atoms with Crippen LogP contribution < -0.4 is 0 Å². The Kier molecular flexibility index (Phi) is 2.08. The lowest BCUT2D eigenvalue weighted by Crippen LogP contribution is -1.78. The molecule has 0 saturated carbocycles. The van der Waals surface area contributed by atoms with Crippen LogP contribution >= 0.6 is 33.9 Å². The van der Waals surface area contributed by atoms with Gasteiger partial charge in [-0.2, -0.15) is 4.39 Å². The number of halogens is 2. The van der Waals surface area contributed by atoms with Crippen LogP contribution in [0.3, 0.4) is 0 Å². The SMILES string of the molecule is Cc1c(I)ccc2sc(F)cc12. The number of rotatable bonds is 0. The van der Waals surface area contributed by atoms with Gasteiger partial charge in [0.15, 0.2) is 5.13 Å². The summed E-state index contributed by atoms with van der Waals surface area (Å²) >= 11 is 3.47. The van der Waals surface area contributed by atoms with Crippen LogP contribution in [0.25, 0.3) is 10.1 Å². The molecule has 12 heavy (non-hydrogen) atoms. The van der Waals surface area contributed by atoms with Gasteiger partial charge in [-0.1, -0.05) is 0 Å². The summed E-state index contributed by atoms with van der Waals surface area (Å²) < 4.78 is 15.1. The molecule has 0 atom stereocenters. The van der Waals surface area contributed by atoms with Crippen LogP contribution in [0.5, 0.6) is 0 Å². The number of fused-ring (bicyclic) bond motifs is 1. The van der Waals surface area contributed by atoms with Crippen LogP contribution in [-0.2, 0) is 0 Å². The van der Waals surface area contributed by atoms with E-state index >= 15 is 0 Å². The van der Waals surface area contributed by atoms with Gasteiger partial charge in [0.1, 0.15) is 0 Å². The highest BCUT2D eigenvalue weighted by Gasteiger charge is 2.05. The molecular formula is C9H6FIS. The Morgan fingerprint density at radius 1 is 1.42 bits per heavy atom. The standard InChI is InChI=1S/C9H6FIS/c1-5-6-4-9(10)12-8(6)3-2-7(5)11/h2-4H,1H3. The third kappa shape index (κ3) is 1.25. The van der Waals surface area contributed by atoms with E-state index in [4.69, 9.17) is 0 Å². The molecule has 1 heterocycles. The van der Waals surface area contributed by atoms with Gasteiger partial charge in [-0.05, 0) is 58.7 Å². The highest BCUT2D eigenvalue weighted by molar-refractivity contribution is 14.1. The van der Waals surface area contributed by atoms with Crippen LogP contribution in [0.15, 0.2) is 18.2 Å². The minimum Gasteiger partial charge on any atom is -0.195 e. The van der Waals surface area contributed by atoms with Crippen molar-refractivity contribution < 1.29 is 4.39 Å². The van der Waals surface area contributed by atoms with Gasteiger partial charge in [0.2, 0.25) is 0 Å². The molecule has 1 aromatic heterocycles. The maximum atomic E-state index is 12.8. The van der Waals surface area contributed by atoms with E-state index in [0.717, 1.165) is 10.1 Å². The molecule has 0 aliphatic rings. The van der Waals surface area contributed by atoms with E-state index in [1.54, 1.807) is 6.07 Å². The first-order valence-corrected chi connectivity index (χ1v) is 5.42. The predicted octanol–water partition coefficient (Wildman–Crippen LogP) is 3.95. The molecule has 0 saturated heterocycles. The van der Waals surface area contributed by atoms with Gasteiger partial charge < -0.3 is 0 Å². The first-order chi connectivity index (χ1) is 5.68. The maximum Gasteiger partial charge on any atom is 0.177 e. The Labute approximate surface area is 87.5 Å². The summed E-state index contributed by atoms with van der Waals surface area (Å²) in [6.45, 7) is 2.02. The van der Waals surface area contributed by atoms with Crippen LogP contribution in [0.2, 0.25) is 0 Å². The molecule has 2 aromatic rings. The topological polar surface area (TPSA) is 0 Å². The molecular weight excluding hydrogens is 286 g/mol. The third-order valence-corrected chi connectivity index (χ3v) is 3.93. The molecule has 0 N–H and O–H groups in total. The number of hydrogen-bond donors (Lipinski definition) is 0. The second kappa shape index (κ2) is 2.96. The van der Waals surface area contributed by atoms with Gasteiger partial charge in [-0.15, -0.1) is 11.3 Å². The summed E-state index contributed by atoms with van der Waals surface area (Å²) in [5.41, 5.74) is 1.17. The van der Waals surface area contributed by atoms with Crippen LogP contribution in [0, 0.1) is 15.6 Å². The van der Waals surface area contributed by atoms with Gasteiger partial charge >= 0.3 is 0 Å². The maximum absolute atomic E-state index is 12.8. The molecule has 3 heteroatoms. The molecule has 62 valence electrons. The van der Waals surface area contributed by atoms with Gasteiger partial charge in [-0.3, -0.25) is 0 Å². The van der Waals surface area contributed by atoms with Crippen molar-refractivity contribution in [3.8, 4) is 0 Å². The lowest BCUT2D eigenvalue weighted by atomic mass is 10.2. The fourth-order valence-corrected chi connectivity index (χ4v) is 2.51. The molecule has 0 unspecified atom stereocenters. The minimum absolute atomic E-state index is 0.102. The summed E-state index contributed by atoms with van der Waals surface area (Å²) in [5, 5.41) is 0.944. The molecule has 0 fully saturated rings. The monoisotopic (exact) mass is 292 g/mol. The van der Waals surface area contributed by atoms with E-state index in [9.17, 15) is 4.39 Å². The quantitative estimate of drug-likeness (QED) is 0.645. The van der Waals surface area contributed by atoms with Crippen molar-refractivity contribution in [2.45, 2.75) is 6.92 Å². The number of hydrogen-bond acceptors (Lipinski definition) is 1. The normalized spacial score (nSPS) is 10.9.